The lowest BCUT2D eigenvalue weighted by molar-refractivity contribution is -0.120. The Morgan fingerprint density at radius 2 is 1.56 bits per heavy atom. The number of rotatable bonds is 9. The van der Waals surface area contributed by atoms with E-state index in [2.05, 4.69) is 67.4 Å². The van der Waals surface area contributed by atoms with Crippen LogP contribution in [0, 0.1) is 21.3 Å². The van der Waals surface area contributed by atoms with E-state index < -0.39 is 5.92 Å². The molecule has 0 radical (unpaired) electrons. The molecule has 1 aliphatic heterocycles. The average Bonchev–Trinajstić information content (AvgIpc) is 2.92. The molecule has 0 saturated heterocycles. The van der Waals surface area contributed by atoms with Crippen molar-refractivity contribution in [3.8, 4) is 11.5 Å². The van der Waals surface area contributed by atoms with E-state index in [1.807, 2.05) is 50.2 Å². The van der Waals surface area contributed by atoms with Crippen molar-refractivity contribution >= 4 is 45.8 Å². The largest absolute Gasteiger partial charge is 0.490 e. The summed E-state index contributed by atoms with van der Waals surface area (Å²) in [5, 5.41) is 2.89. The van der Waals surface area contributed by atoms with Crippen LogP contribution in [0.3, 0.4) is 0 Å². The fourth-order valence-corrected chi connectivity index (χ4v) is 7.87. The predicted molar refractivity (Wildman–Crippen MR) is 185 cm³/mol. The van der Waals surface area contributed by atoms with E-state index in [0.29, 0.717) is 36.6 Å². The summed E-state index contributed by atoms with van der Waals surface area (Å²) >= 11 is 2.21. The third-order valence-electron chi connectivity index (χ3n) is 8.78. The fraction of sp³-hybridized carbons (Fsp3) is 0.486. The Morgan fingerprint density at radius 3 is 2.11 bits per heavy atom. The van der Waals surface area contributed by atoms with Gasteiger partial charge in [0.15, 0.2) is 29.7 Å². The number of Topliss-reactive ketones (excluding diaryl/α,β-unsaturated/α-hetero) is 2. The molecule has 1 amide bonds. The van der Waals surface area contributed by atoms with Gasteiger partial charge in [-0.05, 0) is 102 Å². The number of ether oxygens (including phenoxy) is 2. The van der Waals surface area contributed by atoms with Crippen LogP contribution in [0.25, 0.3) is 0 Å². The van der Waals surface area contributed by atoms with Crippen LogP contribution in [0.1, 0.15) is 90.7 Å². The molecule has 0 atom stereocenters. The highest BCUT2D eigenvalue weighted by Crippen LogP contribution is 2.55. The maximum absolute atomic E-state index is 14.1. The van der Waals surface area contributed by atoms with Gasteiger partial charge in [0.1, 0.15) is 0 Å². The standard InChI is InChI=1S/C37H45IN2O5/c1-8-13-40-26-17-36(4,5)19-28(41)33(26)32(34-27(40)18-37(6,7)20-29(34)42)23-15-25(38)35(30(16-23)44-9-2)45-21-31(43)39-24-12-10-11-22(3)14-24/h10-12,14-16,32H,8-9,13,17-21H2,1-7H3,(H,39,43). The minimum absolute atomic E-state index is 0.109. The number of carbonyl (C=O) groups excluding carboxylic acids is 3. The Hall–Kier alpha value is -3.14. The minimum atomic E-state index is -0.471. The van der Waals surface area contributed by atoms with Crippen LogP contribution in [-0.2, 0) is 14.4 Å². The highest BCUT2D eigenvalue weighted by Gasteiger charge is 2.49. The second kappa shape index (κ2) is 12.9. The molecule has 0 fully saturated rings. The number of carbonyl (C=O) groups is 3. The number of nitrogens with one attached hydrogen (secondary N) is 1. The molecule has 8 heteroatoms. The first-order valence-electron chi connectivity index (χ1n) is 16.0. The zero-order valence-corrected chi connectivity index (χ0v) is 29.7. The van der Waals surface area contributed by atoms with Gasteiger partial charge >= 0.3 is 0 Å². The van der Waals surface area contributed by atoms with E-state index in [0.717, 1.165) is 63.0 Å². The number of allylic oxidation sites excluding steroid dienone is 4. The summed E-state index contributed by atoms with van der Waals surface area (Å²) in [4.78, 5) is 43.3. The molecule has 7 nitrogen and oxygen atoms in total. The van der Waals surface area contributed by atoms with Crippen molar-refractivity contribution in [1.29, 1.82) is 0 Å². The van der Waals surface area contributed by atoms with E-state index in [4.69, 9.17) is 9.47 Å². The van der Waals surface area contributed by atoms with Gasteiger partial charge in [-0.1, -0.05) is 46.8 Å². The Balaban J connectivity index is 1.58. The van der Waals surface area contributed by atoms with Crippen molar-refractivity contribution in [2.24, 2.45) is 10.8 Å². The zero-order valence-electron chi connectivity index (χ0n) is 27.6. The molecule has 0 unspecified atom stereocenters. The summed E-state index contributed by atoms with van der Waals surface area (Å²) < 4.78 is 12.9. The van der Waals surface area contributed by atoms with Gasteiger partial charge in [0.05, 0.1) is 10.2 Å². The molecule has 0 bridgehead atoms. The van der Waals surface area contributed by atoms with Gasteiger partial charge in [0, 0.05) is 53.5 Å². The van der Waals surface area contributed by atoms with Crippen LogP contribution in [0.4, 0.5) is 5.69 Å². The van der Waals surface area contributed by atoms with Crippen molar-refractivity contribution in [2.45, 2.75) is 86.5 Å². The van der Waals surface area contributed by atoms with Gasteiger partial charge in [-0.3, -0.25) is 14.4 Å². The molecule has 1 heterocycles. The van der Waals surface area contributed by atoms with Gasteiger partial charge in [-0.2, -0.15) is 0 Å². The molecule has 5 rings (SSSR count). The third-order valence-corrected chi connectivity index (χ3v) is 9.58. The Kier molecular flexibility index (Phi) is 9.55. The topological polar surface area (TPSA) is 84.9 Å². The monoisotopic (exact) mass is 724 g/mol. The number of aryl methyl sites for hydroxylation is 1. The molecule has 2 aromatic rings. The quantitative estimate of drug-likeness (QED) is 0.263. The molecule has 2 aromatic carbocycles. The van der Waals surface area contributed by atoms with Crippen LogP contribution in [-0.4, -0.2) is 42.1 Å². The molecule has 0 saturated carbocycles. The van der Waals surface area contributed by atoms with Gasteiger partial charge in [0.2, 0.25) is 0 Å². The van der Waals surface area contributed by atoms with E-state index in [1.54, 1.807) is 0 Å². The molecular weight excluding hydrogens is 679 g/mol. The summed E-state index contributed by atoms with van der Waals surface area (Å²) in [6.07, 6.45) is 3.36. The minimum Gasteiger partial charge on any atom is -0.490 e. The van der Waals surface area contributed by atoms with Crippen molar-refractivity contribution in [3.05, 3.63) is 73.6 Å². The second-order valence-electron chi connectivity index (χ2n) is 14.2. The summed E-state index contributed by atoms with van der Waals surface area (Å²) in [6.45, 7) is 15.6. The fourth-order valence-electron chi connectivity index (χ4n) is 7.09. The van der Waals surface area contributed by atoms with Crippen LogP contribution < -0.4 is 14.8 Å². The Labute approximate surface area is 280 Å². The molecule has 2 aliphatic carbocycles. The molecule has 0 aromatic heterocycles. The lowest BCUT2D eigenvalue weighted by Crippen LogP contribution is -2.44. The average molecular weight is 725 g/mol. The summed E-state index contributed by atoms with van der Waals surface area (Å²) in [5.74, 6) is 0.438. The zero-order chi connectivity index (χ0) is 32.7. The van der Waals surface area contributed by atoms with Gasteiger partial charge in [0.25, 0.3) is 5.91 Å². The number of benzene rings is 2. The maximum atomic E-state index is 14.1. The number of hydrogen-bond acceptors (Lipinski definition) is 6. The first-order valence-corrected chi connectivity index (χ1v) is 17.1. The number of halogens is 1. The number of hydrogen-bond donors (Lipinski definition) is 1. The van der Waals surface area contributed by atoms with Crippen LogP contribution in [0.2, 0.25) is 0 Å². The molecule has 45 heavy (non-hydrogen) atoms. The number of ketones is 2. The summed E-state index contributed by atoms with van der Waals surface area (Å²) in [6, 6.07) is 11.5. The molecule has 0 spiro atoms. The molecule has 1 N–H and O–H groups in total. The predicted octanol–water partition coefficient (Wildman–Crippen LogP) is 8.11. The summed E-state index contributed by atoms with van der Waals surface area (Å²) in [7, 11) is 0. The normalized spacial score (nSPS) is 19.3. The van der Waals surface area contributed by atoms with E-state index in [-0.39, 0.29) is 34.9 Å². The van der Waals surface area contributed by atoms with Gasteiger partial charge in [-0.25, -0.2) is 0 Å². The van der Waals surface area contributed by atoms with Crippen molar-refractivity contribution in [2.75, 3.05) is 25.1 Å². The summed E-state index contributed by atoms with van der Waals surface area (Å²) in [5.41, 5.74) is 5.90. The SMILES string of the molecule is CCCN1C2=C(C(=O)CC(C)(C)C2)C(c2cc(I)c(OCC(=O)Nc3cccc(C)c3)c(OCC)c2)C2=C1CC(C)(C)CC2=O. The molecule has 3 aliphatic rings. The van der Waals surface area contributed by atoms with Gasteiger partial charge in [-0.15, -0.1) is 0 Å². The second-order valence-corrected chi connectivity index (χ2v) is 15.3. The Bertz CT molecular complexity index is 1550. The maximum Gasteiger partial charge on any atom is 0.262 e. The smallest absolute Gasteiger partial charge is 0.262 e. The van der Waals surface area contributed by atoms with Crippen LogP contribution >= 0.6 is 22.6 Å². The highest BCUT2D eigenvalue weighted by molar-refractivity contribution is 14.1. The lowest BCUT2D eigenvalue weighted by Gasteiger charge is -2.49. The van der Waals surface area contributed by atoms with E-state index in [9.17, 15) is 14.4 Å². The van der Waals surface area contributed by atoms with Crippen LogP contribution in [0.15, 0.2) is 58.9 Å². The Morgan fingerprint density at radius 1 is 0.933 bits per heavy atom. The molecule has 240 valence electrons. The molecular formula is C37H45IN2O5. The van der Waals surface area contributed by atoms with Crippen molar-refractivity contribution in [1.82, 2.24) is 4.90 Å². The first kappa shape index (κ1) is 33.2. The van der Waals surface area contributed by atoms with Gasteiger partial charge < -0.3 is 19.7 Å². The first-order chi connectivity index (χ1) is 21.2. The lowest BCUT2D eigenvalue weighted by atomic mass is 9.63. The third kappa shape index (κ3) is 7.00. The van der Waals surface area contributed by atoms with Crippen molar-refractivity contribution in [3.63, 3.8) is 0 Å². The number of amides is 1. The number of nitrogens with zero attached hydrogens (tertiary/aromatic N) is 1. The van der Waals surface area contributed by atoms with E-state index >= 15 is 0 Å². The van der Waals surface area contributed by atoms with Crippen molar-refractivity contribution < 1.29 is 23.9 Å². The van der Waals surface area contributed by atoms with E-state index in [1.165, 1.54) is 0 Å². The van der Waals surface area contributed by atoms with Crippen LogP contribution in [0.5, 0.6) is 11.5 Å². The highest BCUT2D eigenvalue weighted by atomic mass is 127. The number of anilines is 1.